The van der Waals surface area contributed by atoms with Crippen LogP contribution < -0.4 is 5.73 Å². The normalized spacial score (nSPS) is 13.1. The lowest BCUT2D eigenvalue weighted by atomic mass is 9.94. The van der Waals surface area contributed by atoms with Crippen molar-refractivity contribution in [1.29, 1.82) is 0 Å². The maximum atomic E-state index is 10.5. The molecule has 14 heavy (non-hydrogen) atoms. The Morgan fingerprint density at radius 1 is 1.07 bits per heavy atom. The first kappa shape index (κ1) is 13.5. The molecule has 0 bridgehead atoms. The first-order valence-electron chi connectivity index (χ1n) is 5.80. The standard InChI is InChI=1S/C12H25NO/c1-10(2)8-9-11(3)6-4-5-7-12(13)14/h10-11H,4-9H2,1-3H3,(H2,13,14). The Bertz CT molecular complexity index is 154. The van der Waals surface area contributed by atoms with Crippen molar-refractivity contribution in [2.45, 2.75) is 59.3 Å². The summed E-state index contributed by atoms with van der Waals surface area (Å²) in [6.07, 6.45) is 6.52. The topological polar surface area (TPSA) is 43.1 Å². The molecule has 1 amide bonds. The van der Waals surface area contributed by atoms with Crippen LogP contribution in [0.25, 0.3) is 0 Å². The van der Waals surface area contributed by atoms with E-state index in [0.29, 0.717) is 6.42 Å². The summed E-state index contributed by atoms with van der Waals surface area (Å²) >= 11 is 0. The summed E-state index contributed by atoms with van der Waals surface area (Å²) in [5.41, 5.74) is 5.07. The van der Waals surface area contributed by atoms with Crippen LogP contribution >= 0.6 is 0 Å². The van der Waals surface area contributed by atoms with E-state index in [2.05, 4.69) is 20.8 Å². The van der Waals surface area contributed by atoms with Crippen molar-refractivity contribution in [3.63, 3.8) is 0 Å². The lowest BCUT2D eigenvalue weighted by Gasteiger charge is -2.12. The van der Waals surface area contributed by atoms with E-state index in [-0.39, 0.29) is 5.91 Å². The smallest absolute Gasteiger partial charge is 0.217 e. The van der Waals surface area contributed by atoms with Gasteiger partial charge in [-0.3, -0.25) is 4.79 Å². The summed E-state index contributed by atoms with van der Waals surface area (Å²) in [7, 11) is 0. The molecule has 0 aromatic carbocycles. The van der Waals surface area contributed by atoms with Crippen molar-refractivity contribution in [2.75, 3.05) is 0 Å². The van der Waals surface area contributed by atoms with Gasteiger partial charge < -0.3 is 5.73 Å². The van der Waals surface area contributed by atoms with Crippen molar-refractivity contribution in [3.05, 3.63) is 0 Å². The Morgan fingerprint density at radius 3 is 2.21 bits per heavy atom. The van der Waals surface area contributed by atoms with E-state index in [9.17, 15) is 4.79 Å². The van der Waals surface area contributed by atoms with Gasteiger partial charge in [-0.2, -0.15) is 0 Å². The molecule has 0 radical (unpaired) electrons. The fourth-order valence-corrected chi connectivity index (χ4v) is 1.55. The molecular formula is C12H25NO. The van der Waals surface area contributed by atoms with E-state index < -0.39 is 0 Å². The average molecular weight is 199 g/mol. The van der Waals surface area contributed by atoms with Crippen molar-refractivity contribution in [2.24, 2.45) is 17.6 Å². The maximum Gasteiger partial charge on any atom is 0.217 e. The number of hydrogen-bond donors (Lipinski definition) is 1. The van der Waals surface area contributed by atoms with E-state index in [1.807, 2.05) is 0 Å². The molecule has 0 aromatic rings. The minimum atomic E-state index is -0.167. The molecule has 0 aliphatic heterocycles. The van der Waals surface area contributed by atoms with Crippen LogP contribution in [0.4, 0.5) is 0 Å². The second kappa shape index (κ2) is 7.84. The number of primary amides is 1. The molecule has 0 saturated heterocycles. The highest BCUT2D eigenvalue weighted by Crippen LogP contribution is 2.17. The number of nitrogens with two attached hydrogens (primary N) is 1. The highest BCUT2D eigenvalue weighted by atomic mass is 16.1. The molecular weight excluding hydrogens is 174 g/mol. The van der Waals surface area contributed by atoms with Crippen molar-refractivity contribution < 1.29 is 4.79 Å². The van der Waals surface area contributed by atoms with Gasteiger partial charge in [-0.25, -0.2) is 0 Å². The van der Waals surface area contributed by atoms with Gasteiger partial charge in [0.15, 0.2) is 0 Å². The number of carbonyl (C=O) groups is 1. The molecule has 0 fully saturated rings. The summed E-state index contributed by atoms with van der Waals surface area (Å²) in [5, 5.41) is 0. The van der Waals surface area contributed by atoms with Crippen LogP contribution in [-0.2, 0) is 4.79 Å². The zero-order valence-corrected chi connectivity index (χ0v) is 9.88. The molecule has 1 unspecified atom stereocenters. The highest BCUT2D eigenvalue weighted by Gasteiger charge is 2.04. The fraction of sp³-hybridized carbons (Fsp3) is 0.917. The van der Waals surface area contributed by atoms with Gasteiger partial charge in [-0.1, -0.05) is 46.5 Å². The minimum absolute atomic E-state index is 0.167. The summed E-state index contributed by atoms with van der Waals surface area (Å²) in [6.45, 7) is 6.83. The Kier molecular flexibility index (Phi) is 7.54. The van der Waals surface area contributed by atoms with Crippen molar-refractivity contribution >= 4 is 5.91 Å². The van der Waals surface area contributed by atoms with Crippen LogP contribution in [0.3, 0.4) is 0 Å². The third-order valence-electron chi connectivity index (χ3n) is 2.61. The predicted octanol–water partition coefficient (Wildman–Crippen LogP) is 3.10. The minimum Gasteiger partial charge on any atom is -0.370 e. The molecule has 0 saturated carbocycles. The summed E-state index contributed by atoms with van der Waals surface area (Å²) < 4.78 is 0. The van der Waals surface area contributed by atoms with Gasteiger partial charge in [0, 0.05) is 6.42 Å². The van der Waals surface area contributed by atoms with E-state index in [1.54, 1.807) is 0 Å². The number of carbonyl (C=O) groups excluding carboxylic acids is 1. The molecule has 0 aliphatic carbocycles. The molecule has 0 heterocycles. The van der Waals surface area contributed by atoms with E-state index in [1.165, 1.54) is 19.3 Å². The lowest BCUT2D eigenvalue weighted by molar-refractivity contribution is -0.118. The van der Waals surface area contributed by atoms with Gasteiger partial charge in [-0.05, 0) is 18.3 Å². The summed E-state index contributed by atoms with van der Waals surface area (Å²) in [6, 6.07) is 0. The summed E-state index contributed by atoms with van der Waals surface area (Å²) in [4.78, 5) is 10.5. The van der Waals surface area contributed by atoms with Crippen LogP contribution in [0.2, 0.25) is 0 Å². The molecule has 2 heteroatoms. The number of hydrogen-bond acceptors (Lipinski definition) is 1. The quantitative estimate of drug-likeness (QED) is 0.600. The Labute approximate surface area is 88.3 Å². The highest BCUT2D eigenvalue weighted by molar-refractivity contribution is 5.73. The van der Waals surface area contributed by atoms with Crippen LogP contribution in [0.1, 0.15) is 59.3 Å². The Morgan fingerprint density at radius 2 is 1.71 bits per heavy atom. The zero-order valence-electron chi connectivity index (χ0n) is 9.88. The van der Waals surface area contributed by atoms with Crippen molar-refractivity contribution in [1.82, 2.24) is 0 Å². The first-order chi connectivity index (χ1) is 6.52. The second-order valence-corrected chi connectivity index (χ2v) is 4.79. The summed E-state index contributed by atoms with van der Waals surface area (Å²) in [5.74, 6) is 1.44. The van der Waals surface area contributed by atoms with Gasteiger partial charge in [0.2, 0.25) is 5.91 Å². The fourth-order valence-electron chi connectivity index (χ4n) is 1.55. The largest absolute Gasteiger partial charge is 0.370 e. The lowest BCUT2D eigenvalue weighted by Crippen LogP contribution is -2.09. The van der Waals surface area contributed by atoms with Crippen molar-refractivity contribution in [3.8, 4) is 0 Å². The molecule has 0 rings (SSSR count). The zero-order chi connectivity index (χ0) is 11.0. The number of rotatable bonds is 8. The van der Waals surface area contributed by atoms with Gasteiger partial charge in [0.05, 0.1) is 0 Å². The van der Waals surface area contributed by atoms with Gasteiger partial charge in [-0.15, -0.1) is 0 Å². The average Bonchev–Trinajstić information content (AvgIpc) is 2.08. The molecule has 2 nitrogen and oxygen atoms in total. The van der Waals surface area contributed by atoms with Crippen LogP contribution in [-0.4, -0.2) is 5.91 Å². The first-order valence-corrected chi connectivity index (χ1v) is 5.80. The van der Waals surface area contributed by atoms with Gasteiger partial charge >= 0.3 is 0 Å². The number of unbranched alkanes of at least 4 members (excludes halogenated alkanes) is 1. The third kappa shape index (κ3) is 9.56. The molecule has 84 valence electrons. The predicted molar refractivity (Wildman–Crippen MR) is 60.9 cm³/mol. The van der Waals surface area contributed by atoms with Crippen LogP contribution in [0.15, 0.2) is 0 Å². The Hall–Kier alpha value is -0.530. The molecule has 0 aromatic heterocycles. The van der Waals surface area contributed by atoms with E-state index >= 15 is 0 Å². The van der Waals surface area contributed by atoms with E-state index in [0.717, 1.165) is 24.7 Å². The van der Waals surface area contributed by atoms with Crippen LogP contribution in [0.5, 0.6) is 0 Å². The third-order valence-corrected chi connectivity index (χ3v) is 2.61. The van der Waals surface area contributed by atoms with E-state index in [4.69, 9.17) is 5.73 Å². The molecule has 2 N–H and O–H groups in total. The van der Waals surface area contributed by atoms with Crippen LogP contribution in [0, 0.1) is 11.8 Å². The van der Waals surface area contributed by atoms with Gasteiger partial charge in [0.1, 0.15) is 0 Å². The monoisotopic (exact) mass is 199 g/mol. The molecule has 0 aliphatic rings. The second-order valence-electron chi connectivity index (χ2n) is 4.79. The molecule has 0 spiro atoms. The number of amides is 1. The SMILES string of the molecule is CC(C)CCC(C)CCCCC(N)=O. The molecule has 1 atom stereocenters. The van der Waals surface area contributed by atoms with Gasteiger partial charge in [0.25, 0.3) is 0 Å². The Balaban J connectivity index is 3.26. The maximum absolute atomic E-state index is 10.5.